The highest BCUT2D eigenvalue weighted by molar-refractivity contribution is 5.67. The predicted molar refractivity (Wildman–Crippen MR) is 74.0 cm³/mol. The van der Waals surface area contributed by atoms with Gasteiger partial charge in [0.1, 0.15) is 0 Å². The molecule has 0 aromatic carbocycles. The van der Waals surface area contributed by atoms with Crippen LogP contribution in [-0.4, -0.2) is 48.9 Å². The number of carbonyl (C=O) groups excluding carboxylic acids is 1. The highest BCUT2D eigenvalue weighted by Gasteiger charge is 2.84. The molecule has 0 spiro atoms. The second-order valence-corrected chi connectivity index (χ2v) is 5.95. The first-order valence-electron chi connectivity index (χ1n) is 8.02. The monoisotopic (exact) mass is 459 g/mol. The third-order valence-corrected chi connectivity index (χ3v) is 3.50. The van der Waals surface area contributed by atoms with E-state index in [1.165, 1.54) is 5.32 Å². The maximum atomic E-state index is 13.4. The zero-order valence-corrected chi connectivity index (χ0v) is 14.7. The van der Waals surface area contributed by atoms with Crippen LogP contribution in [-0.2, 0) is 4.74 Å². The Morgan fingerprint density at radius 3 is 1.83 bits per heavy atom. The number of nitrogens with one attached hydrogen (secondary N) is 1. The molecule has 0 aliphatic heterocycles. The van der Waals surface area contributed by atoms with Gasteiger partial charge in [-0.15, -0.1) is 0 Å². The Balaban J connectivity index is 5.34. The Morgan fingerprint density at radius 1 is 0.862 bits per heavy atom. The summed E-state index contributed by atoms with van der Waals surface area (Å²) in [6.45, 7) is 1.38. The summed E-state index contributed by atoms with van der Waals surface area (Å²) >= 11 is 0. The van der Waals surface area contributed by atoms with Crippen LogP contribution in [0.15, 0.2) is 0 Å². The summed E-state index contributed by atoms with van der Waals surface area (Å²) in [6.07, 6.45) is -21.1. The largest absolute Gasteiger partial charge is 0.474 e. The van der Waals surface area contributed by atoms with Crippen molar-refractivity contribution in [1.82, 2.24) is 5.32 Å². The molecule has 15 heteroatoms. The van der Waals surface area contributed by atoms with E-state index in [4.69, 9.17) is 0 Å². The number of hydrogen-bond acceptors (Lipinski definition) is 2. The third kappa shape index (κ3) is 6.73. The van der Waals surface area contributed by atoms with Crippen LogP contribution in [0.1, 0.15) is 39.0 Å². The smallest absolute Gasteiger partial charge is 0.379 e. The summed E-state index contributed by atoms with van der Waals surface area (Å²) in [6, 6.07) is 0. The Hall–Kier alpha value is -1.57. The first kappa shape index (κ1) is 27.4. The van der Waals surface area contributed by atoms with Crippen LogP contribution < -0.4 is 5.32 Å². The number of carbonyl (C=O) groups is 1. The van der Waals surface area contributed by atoms with Gasteiger partial charge in [0.05, 0.1) is 6.42 Å². The van der Waals surface area contributed by atoms with Crippen LogP contribution in [0.2, 0.25) is 0 Å². The van der Waals surface area contributed by atoms with Crippen LogP contribution in [0.25, 0.3) is 0 Å². The molecule has 0 radical (unpaired) electrons. The molecule has 0 aliphatic carbocycles. The molecule has 29 heavy (non-hydrogen) atoms. The molecule has 1 unspecified atom stereocenters. The highest BCUT2D eigenvalue weighted by atomic mass is 19.4. The number of unbranched alkanes of at least 4 members (excludes halogenated alkanes) is 3. The lowest BCUT2D eigenvalue weighted by Gasteiger charge is -2.36. The quantitative estimate of drug-likeness (QED) is 0.300. The standard InChI is InChI=1S/C14H17F12NO2/c1-2-3-4-5-6-27-9(28)29-14(25,26)13(23,24)12(21,22)11(19,20)8(15)7-10(16,17)18/h8H,2-7H2,1H3,(H,27,28). The molecule has 3 nitrogen and oxygen atoms in total. The topological polar surface area (TPSA) is 38.3 Å². The average Bonchev–Trinajstić information content (AvgIpc) is 2.51. The van der Waals surface area contributed by atoms with Crippen LogP contribution >= 0.6 is 0 Å². The Morgan fingerprint density at radius 2 is 1.38 bits per heavy atom. The molecule has 174 valence electrons. The lowest BCUT2D eigenvalue weighted by atomic mass is 9.97. The van der Waals surface area contributed by atoms with Crippen molar-refractivity contribution in [3.05, 3.63) is 0 Å². The van der Waals surface area contributed by atoms with Gasteiger partial charge in [-0.25, -0.2) is 9.18 Å². The van der Waals surface area contributed by atoms with Crippen molar-refractivity contribution in [3.63, 3.8) is 0 Å². The number of halogens is 12. The number of alkyl halides is 12. The van der Waals surface area contributed by atoms with E-state index in [0.717, 1.165) is 6.42 Å². The molecule has 1 atom stereocenters. The minimum absolute atomic E-state index is 0.153. The van der Waals surface area contributed by atoms with Crippen molar-refractivity contribution in [2.24, 2.45) is 0 Å². The fourth-order valence-corrected chi connectivity index (χ4v) is 1.88. The summed E-state index contributed by atoms with van der Waals surface area (Å²) in [5.74, 6) is -21.5. The lowest BCUT2D eigenvalue weighted by Crippen LogP contribution is -2.66. The number of rotatable bonds is 11. The van der Waals surface area contributed by atoms with E-state index >= 15 is 0 Å². The Bertz CT molecular complexity index is 535. The zero-order valence-electron chi connectivity index (χ0n) is 14.7. The number of ether oxygens (including phenoxy) is 1. The minimum Gasteiger partial charge on any atom is -0.379 e. The summed E-state index contributed by atoms with van der Waals surface area (Å²) in [5.41, 5.74) is 0. The summed E-state index contributed by atoms with van der Waals surface area (Å²) in [5, 5.41) is 1.48. The van der Waals surface area contributed by atoms with Gasteiger partial charge in [-0.05, 0) is 6.42 Å². The van der Waals surface area contributed by atoms with Gasteiger partial charge in [0.2, 0.25) is 0 Å². The van der Waals surface area contributed by atoms with Crippen molar-refractivity contribution in [3.8, 4) is 0 Å². The summed E-state index contributed by atoms with van der Waals surface area (Å²) in [7, 11) is 0. The lowest BCUT2D eigenvalue weighted by molar-refractivity contribution is -0.420. The van der Waals surface area contributed by atoms with Gasteiger partial charge < -0.3 is 10.1 Å². The van der Waals surface area contributed by atoms with E-state index in [1.807, 2.05) is 0 Å². The SMILES string of the molecule is CCCCCCNC(=O)OC(F)(F)C(F)(F)C(F)(F)C(F)(F)C(F)CC(F)(F)F. The Labute approximate surface area is 156 Å². The van der Waals surface area contributed by atoms with Crippen molar-refractivity contribution < 1.29 is 62.2 Å². The number of hydrogen-bond donors (Lipinski definition) is 1. The molecule has 0 aliphatic rings. The van der Waals surface area contributed by atoms with Gasteiger partial charge in [0.25, 0.3) is 0 Å². The molecular weight excluding hydrogens is 442 g/mol. The number of alkyl carbamates (subject to hydrolysis) is 1. The van der Waals surface area contributed by atoms with E-state index in [9.17, 15) is 57.5 Å². The van der Waals surface area contributed by atoms with Gasteiger partial charge in [-0.2, -0.15) is 48.3 Å². The van der Waals surface area contributed by atoms with Crippen LogP contribution in [0.4, 0.5) is 57.5 Å². The van der Waals surface area contributed by atoms with Gasteiger partial charge in [0, 0.05) is 6.54 Å². The van der Waals surface area contributed by atoms with Crippen molar-refractivity contribution in [2.45, 2.75) is 75.3 Å². The Kier molecular flexibility index (Phi) is 8.98. The number of amides is 1. The molecule has 1 N–H and O–H groups in total. The van der Waals surface area contributed by atoms with E-state index < -0.39 is 55.3 Å². The van der Waals surface area contributed by atoms with Gasteiger partial charge >= 0.3 is 36.1 Å². The van der Waals surface area contributed by atoms with Gasteiger partial charge in [-0.3, -0.25) is 0 Å². The molecule has 0 saturated heterocycles. The summed E-state index contributed by atoms with van der Waals surface area (Å²) < 4.78 is 158. The molecule has 0 fully saturated rings. The van der Waals surface area contributed by atoms with E-state index in [1.54, 1.807) is 6.92 Å². The fraction of sp³-hybridized carbons (Fsp3) is 0.929. The molecule has 0 bridgehead atoms. The maximum absolute atomic E-state index is 13.4. The summed E-state index contributed by atoms with van der Waals surface area (Å²) in [4.78, 5) is 11.0. The first-order chi connectivity index (χ1) is 12.8. The second kappa shape index (κ2) is 9.49. The minimum atomic E-state index is -7.35. The molecule has 0 saturated carbocycles. The zero-order chi connectivity index (χ0) is 23.3. The van der Waals surface area contributed by atoms with E-state index in [-0.39, 0.29) is 6.42 Å². The normalized spacial score (nSPS) is 15.2. The average molecular weight is 459 g/mol. The molecule has 0 rings (SSSR count). The van der Waals surface area contributed by atoms with Crippen LogP contribution in [0.3, 0.4) is 0 Å². The molecular formula is C14H17F12NO2. The van der Waals surface area contributed by atoms with Crippen LogP contribution in [0.5, 0.6) is 0 Å². The molecule has 0 heterocycles. The maximum Gasteiger partial charge on any atom is 0.474 e. The molecule has 0 aromatic heterocycles. The van der Waals surface area contributed by atoms with E-state index in [0.29, 0.717) is 12.8 Å². The van der Waals surface area contributed by atoms with Crippen LogP contribution in [0, 0.1) is 0 Å². The van der Waals surface area contributed by atoms with Gasteiger partial charge in [-0.1, -0.05) is 26.2 Å². The predicted octanol–water partition coefficient (Wildman–Crippen LogP) is 6.08. The van der Waals surface area contributed by atoms with Gasteiger partial charge in [0.15, 0.2) is 6.17 Å². The molecule has 1 amide bonds. The molecule has 0 aromatic rings. The fourth-order valence-electron chi connectivity index (χ4n) is 1.88. The first-order valence-corrected chi connectivity index (χ1v) is 8.02. The third-order valence-electron chi connectivity index (χ3n) is 3.50. The van der Waals surface area contributed by atoms with E-state index in [2.05, 4.69) is 4.74 Å². The highest BCUT2D eigenvalue weighted by Crippen LogP contribution is 2.55. The van der Waals surface area contributed by atoms with Crippen molar-refractivity contribution in [1.29, 1.82) is 0 Å². The second-order valence-electron chi connectivity index (χ2n) is 5.95. The van der Waals surface area contributed by atoms with Crippen molar-refractivity contribution >= 4 is 6.09 Å². The van der Waals surface area contributed by atoms with Crippen molar-refractivity contribution in [2.75, 3.05) is 6.54 Å².